The number of halogens is 1. The maximum absolute atomic E-state index is 13.2. The van der Waals surface area contributed by atoms with Gasteiger partial charge in [-0.3, -0.25) is 9.59 Å². The maximum Gasteiger partial charge on any atom is 0.303 e. The number of nitrogens with zero attached hydrogens (tertiary/aromatic N) is 1. The Morgan fingerprint density at radius 1 is 1.24 bits per heavy atom. The van der Waals surface area contributed by atoms with Gasteiger partial charge in [0.05, 0.1) is 18.9 Å². The van der Waals surface area contributed by atoms with Crippen LogP contribution in [0.15, 0.2) is 22.7 Å². The quantitative estimate of drug-likeness (QED) is 0.266. The lowest BCUT2D eigenvalue weighted by Crippen LogP contribution is -2.30. The van der Waals surface area contributed by atoms with Gasteiger partial charge in [0.25, 0.3) is 0 Å². The third-order valence-corrected chi connectivity index (χ3v) is 8.36. The summed E-state index contributed by atoms with van der Waals surface area (Å²) in [5.41, 5.74) is 3.45. The van der Waals surface area contributed by atoms with Crippen molar-refractivity contribution in [1.29, 1.82) is 0 Å². The number of aromatic nitrogens is 1. The van der Waals surface area contributed by atoms with Gasteiger partial charge in [-0.15, -0.1) is 0 Å². The molecule has 0 amide bonds. The lowest BCUT2D eigenvalue weighted by atomic mass is 9.66. The number of Topliss-reactive ketones (excluding diaryl/α,β-unsaturated/α-hetero) is 1. The number of carboxylic acids is 1. The Labute approximate surface area is 229 Å². The van der Waals surface area contributed by atoms with Crippen molar-refractivity contribution in [2.24, 2.45) is 11.3 Å². The van der Waals surface area contributed by atoms with E-state index in [0.29, 0.717) is 40.3 Å². The minimum Gasteiger partial charge on any atom is -0.481 e. The number of benzene rings is 1. The van der Waals surface area contributed by atoms with Crippen LogP contribution in [0.4, 0.5) is 0 Å². The van der Waals surface area contributed by atoms with Crippen molar-refractivity contribution in [2.75, 3.05) is 13.7 Å². The number of ketones is 1. The van der Waals surface area contributed by atoms with Crippen LogP contribution in [0.3, 0.4) is 0 Å². The van der Waals surface area contributed by atoms with Crippen molar-refractivity contribution >= 4 is 23.4 Å². The number of methoxy groups -OCH3 is 1. The second-order valence-corrected chi connectivity index (χ2v) is 12.5. The molecule has 2 N–H and O–H groups in total. The molecule has 8 heteroatoms. The van der Waals surface area contributed by atoms with Crippen LogP contribution in [-0.2, 0) is 27.4 Å². The van der Waals surface area contributed by atoms with Gasteiger partial charge in [0.2, 0.25) is 0 Å². The molecular formula is C30H40ClNO6. The van der Waals surface area contributed by atoms with E-state index >= 15 is 0 Å². The molecule has 4 rings (SSSR count). The molecule has 2 aliphatic carbocycles. The summed E-state index contributed by atoms with van der Waals surface area (Å²) in [5.74, 6) is 1.08. The lowest BCUT2D eigenvalue weighted by molar-refractivity contribution is -0.137. The molecule has 0 radical (unpaired) electrons. The minimum absolute atomic E-state index is 0.0191. The Morgan fingerprint density at radius 3 is 2.58 bits per heavy atom. The van der Waals surface area contributed by atoms with E-state index < -0.39 is 5.97 Å². The van der Waals surface area contributed by atoms with E-state index in [2.05, 4.69) is 19.0 Å². The molecule has 2 fully saturated rings. The zero-order valence-electron chi connectivity index (χ0n) is 22.7. The van der Waals surface area contributed by atoms with Crippen LogP contribution in [-0.4, -0.2) is 40.8 Å². The summed E-state index contributed by atoms with van der Waals surface area (Å²) in [6.45, 7) is 5.11. The molecule has 7 nitrogen and oxygen atoms in total. The van der Waals surface area contributed by atoms with E-state index in [4.69, 9.17) is 20.9 Å². The summed E-state index contributed by atoms with van der Waals surface area (Å²) >= 11 is 6.34. The van der Waals surface area contributed by atoms with E-state index in [1.807, 2.05) is 0 Å². The fraction of sp³-hybridized carbons (Fsp3) is 0.633. The molecule has 208 valence electrons. The Morgan fingerprint density at radius 2 is 1.97 bits per heavy atom. The fourth-order valence-electron chi connectivity index (χ4n) is 6.07. The molecule has 38 heavy (non-hydrogen) atoms. The van der Waals surface area contributed by atoms with Gasteiger partial charge in [-0.25, -0.2) is 0 Å². The van der Waals surface area contributed by atoms with Gasteiger partial charge in [0.1, 0.15) is 11.5 Å². The van der Waals surface area contributed by atoms with E-state index in [-0.39, 0.29) is 43.0 Å². The molecule has 2 aliphatic rings. The van der Waals surface area contributed by atoms with Crippen LogP contribution >= 0.6 is 11.6 Å². The average molecular weight is 546 g/mol. The number of carboxylic acid groups (broad SMARTS) is 1. The first kappa shape index (κ1) is 28.8. The SMILES string of the molecule is COCC(C)(C)CC1CC(c2onc([C@@H](CCC(=O)O)CC(=O)Cc3ccc(CO)cc3Cl)c2C2CC2)C1. The summed E-state index contributed by atoms with van der Waals surface area (Å²) in [6.07, 6.45) is 6.02. The lowest BCUT2D eigenvalue weighted by Gasteiger charge is -2.39. The Balaban J connectivity index is 1.49. The van der Waals surface area contributed by atoms with E-state index in [9.17, 15) is 19.8 Å². The molecule has 0 unspecified atom stereocenters. The highest BCUT2D eigenvalue weighted by Gasteiger charge is 2.42. The number of aliphatic hydroxyl groups excluding tert-OH is 1. The van der Waals surface area contributed by atoms with Crippen LogP contribution in [0.1, 0.15) is 111 Å². The third-order valence-electron chi connectivity index (χ3n) is 8.01. The second kappa shape index (κ2) is 12.3. The number of hydrogen-bond acceptors (Lipinski definition) is 6. The first-order valence-electron chi connectivity index (χ1n) is 13.7. The molecule has 0 aliphatic heterocycles. The molecule has 0 spiro atoms. The molecular weight excluding hydrogens is 506 g/mol. The van der Waals surface area contributed by atoms with Crippen molar-refractivity contribution in [3.63, 3.8) is 0 Å². The average Bonchev–Trinajstić information content (AvgIpc) is 3.58. The Hall–Kier alpha value is -2.22. The monoisotopic (exact) mass is 545 g/mol. The van der Waals surface area contributed by atoms with Gasteiger partial charge in [-0.1, -0.05) is 42.7 Å². The first-order valence-corrected chi connectivity index (χ1v) is 14.1. The molecule has 2 aromatic rings. The van der Waals surface area contributed by atoms with Gasteiger partial charge in [0.15, 0.2) is 0 Å². The smallest absolute Gasteiger partial charge is 0.303 e. The number of aliphatic carboxylic acids is 1. The molecule has 0 saturated heterocycles. The summed E-state index contributed by atoms with van der Waals surface area (Å²) < 4.78 is 11.4. The topological polar surface area (TPSA) is 110 Å². The number of ether oxygens (including phenoxy) is 1. The van der Waals surface area contributed by atoms with Crippen LogP contribution in [0.5, 0.6) is 0 Å². The Bertz CT molecular complexity index is 1130. The number of carbonyl (C=O) groups excluding carboxylic acids is 1. The predicted octanol–water partition coefficient (Wildman–Crippen LogP) is 6.40. The second-order valence-electron chi connectivity index (χ2n) is 12.1. The molecule has 1 aromatic heterocycles. The first-order chi connectivity index (χ1) is 18.1. The highest BCUT2D eigenvalue weighted by atomic mass is 35.5. The minimum atomic E-state index is -0.887. The number of rotatable bonds is 15. The van der Waals surface area contributed by atoms with Gasteiger partial charge in [0, 0.05) is 48.8 Å². The summed E-state index contributed by atoms with van der Waals surface area (Å²) in [6, 6.07) is 5.19. The summed E-state index contributed by atoms with van der Waals surface area (Å²) in [4.78, 5) is 24.6. The van der Waals surface area contributed by atoms with Crippen LogP contribution in [0.2, 0.25) is 5.02 Å². The predicted molar refractivity (Wildman–Crippen MR) is 145 cm³/mol. The number of carbonyl (C=O) groups is 2. The van der Waals surface area contributed by atoms with Crippen LogP contribution in [0, 0.1) is 11.3 Å². The van der Waals surface area contributed by atoms with Crippen molar-refractivity contribution in [1.82, 2.24) is 5.16 Å². The number of hydrogen-bond donors (Lipinski definition) is 2. The van der Waals surface area contributed by atoms with Gasteiger partial charge in [-0.05, 0) is 73.0 Å². The van der Waals surface area contributed by atoms with Gasteiger partial charge < -0.3 is 19.5 Å². The van der Waals surface area contributed by atoms with Gasteiger partial charge >= 0.3 is 5.97 Å². The summed E-state index contributed by atoms with van der Waals surface area (Å²) in [5, 5.41) is 23.6. The van der Waals surface area contributed by atoms with Crippen LogP contribution < -0.4 is 0 Å². The van der Waals surface area contributed by atoms with Gasteiger partial charge in [-0.2, -0.15) is 0 Å². The maximum atomic E-state index is 13.2. The van der Waals surface area contributed by atoms with Crippen LogP contribution in [0.25, 0.3) is 0 Å². The summed E-state index contributed by atoms with van der Waals surface area (Å²) in [7, 11) is 1.75. The van der Waals surface area contributed by atoms with E-state index in [0.717, 1.165) is 55.7 Å². The Kier molecular flexibility index (Phi) is 9.32. The standard InChI is InChI=1S/C30H40ClNO6/c1-30(2,17-37-3)15-19-10-23(11-19)29-27(20-6-7-20)28(32-38-29)22(8-9-26(35)36)14-24(34)13-21-5-4-18(16-33)12-25(21)31/h4-5,12,19-20,22-23,33H,6-11,13-17H2,1-3H3,(H,35,36)/t19?,22-,23?/m0/s1. The fourth-order valence-corrected chi connectivity index (χ4v) is 6.34. The van der Waals surface area contributed by atoms with Crippen molar-refractivity contribution < 1.29 is 29.1 Å². The van der Waals surface area contributed by atoms with Crippen molar-refractivity contribution in [3.05, 3.63) is 51.4 Å². The highest BCUT2D eigenvalue weighted by molar-refractivity contribution is 6.31. The molecule has 0 bridgehead atoms. The van der Waals surface area contributed by atoms with Crippen molar-refractivity contribution in [3.8, 4) is 0 Å². The van der Waals surface area contributed by atoms with E-state index in [1.54, 1.807) is 25.3 Å². The highest BCUT2D eigenvalue weighted by Crippen LogP contribution is 2.53. The number of aliphatic hydroxyl groups is 1. The molecule has 1 heterocycles. The zero-order valence-corrected chi connectivity index (χ0v) is 23.4. The van der Waals surface area contributed by atoms with E-state index in [1.165, 1.54) is 0 Å². The molecule has 1 atom stereocenters. The zero-order chi connectivity index (χ0) is 27.4. The third kappa shape index (κ3) is 7.25. The molecule has 1 aromatic carbocycles. The largest absolute Gasteiger partial charge is 0.481 e. The normalized spacial score (nSPS) is 20.2. The molecule has 2 saturated carbocycles. The van der Waals surface area contributed by atoms with Crippen molar-refractivity contribution in [2.45, 2.75) is 96.0 Å².